The number of rotatable bonds is 1. The van der Waals surface area contributed by atoms with E-state index in [4.69, 9.17) is 4.74 Å². The minimum absolute atomic E-state index is 0.00463. The first-order valence-corrected chi connectivity index (χ1v) is 3.05. The van der Waals surface area contributed by atoms with Crippen LogP contribution in [-0.4, -0.2) is 37.6 Å². The van der Waals surface area contributed by atoms with Crippen molar-refractivity contribution in [3.05, 3.63) is 0 Å². The van der Waals surface area contributed by atoms with Gasteiger partial charge in [0, 0.05) is 6.42 Å². The number of cyclic esters (lactones) is 1. The molecule has 0 amide bonds. The lowest BCUT2D eigenvalue weighted by atomic mass is 10.2. The van der Waals surface area contributed by atoms with Gasteiger partial charge in [-0.3, -0.25) is 9.69 Å². The monoisotopic (exact) mass is 129 g/mol. The van der Waals surface area contributed by atoms with Gasteiger partial charge >= 0.3 is 5.97 Å². The second kappa shape index (κ2) is 2.35. The third-order valence-electron chi connectivity index (χ3n) is 1.53. The average Bonchev–Trinajstić information content (AvgIpc) is 2.13. The van der Waals surface area contributed by atoms with Crippen LogP contribution < -0.4 is 0 Å². The van der Waals surface area contributed by atoms with Crippen LogP contribution in [0.1, 0.15) is 6.42 Å². The van der Waals surface area contributed by atoms with Crippen molar-refractivity contribution in [2.45, 2.75) is 12.5 Å². The van der Waals surface area contributed by atoms with E-state index in [1.165, 1.54) is 0 Å². The van der Waals surface area contributed by atoms with Crippen LogP contribution in [0, 0.1) is 0 Å². The van der Waals surface area contributed by atoms with E-state index in [1.807, 2.05) is 19.0 Å². The van der Waals surface area contributed by atoms with Crippen molar-refractivity contribution in [2.24, 2.45) is 0 Å². The van der Waals surface area contributed by atoms with E-state index in [9.17, 15) is 4.79 Å². The van der Waals surface area contributed by atoms with Crippen LogP contribution in [0.15, 0.2) is 0 Å². The first-order chi connectivity index (χ1) is 4.22. The fourth-order valence-corrected chi connectivity index (χ4v) is 0.954. The van der Waals surface area contributed by atoms with Crippen LogP contribution in [0.4, 0.5) is 0 Å². The van der Waals surface area contributed by atoms with Gasteiger partial charge in [0.25, 0.3) is 0 Å². The Morgan fingerprint density at radius 1 is 1.67 bits per heavy atom. The molecule has 1 unspecified atom stereocenters. The summed E-state index contributed by atoms with van der Waals surface area (Å²) < 4.78 is 4.75. The maximum atomic E-state index is 10.8. The van der Waals surface area contributed by atoms with E-state index in [-0.39, 0.29) is 12.0 Å². The second-order valence-corrected chi connectivity index (χ2v) is 2.44. The van der Waals surface area contributed by atoms with Crippen LogP contribution in [-0.2, 0) is 9.53 Å². The van der Waals surface area contributed by atoms with Gasteiger partial charge in [-0.15, -0.1) is 0 Å². The van der Waals surface area contributed by atoms with Gasteiger partial charge in [0.05, 0.1) is 6.61 Å². The van der Waals surface area contributed by atoms with Crippen LogP contribution in [0.3, 0.4) is 0 Å². The number of nitrogens with zero attached hydrogens (tertiary/aromatic N) is 1. The number of carbonyl (C=O) groups excluding carboxylic acids is 1. The number of likely N-dealkylation sites (N-methyl/N-ethyl adjacent to an activating group) is 1. The molecule has 0 aromatic carbocycles. The molecule has 1 aliphatic rings. The SMILES string of the molecule is CN(C)C1CCOC1=O. The molecule has 3 heteroatoms. The molecule has 0 radical (unpaired) electrons. The van der Waals surface area contributed by atoms with E-state index in [0.717, 1.165) is 6.42 Å². The summed E-state index contributed by atoms with van der Waals surface area (Å²) in [5, 5.41) is 0. The zero-order valence-electron chi connectivity index (χ0n) is 5.76. The summed E-state index contributed by atoms with van der Waals surface area (Å²) in [5.74, 6) is -0.0833. The predicted molar refractivity (Wildman–Crippen MR) is 33.1 cm³/mol. The molecule has 52 valence electrons. The lowest BCUT2D eigenvalue weighted by molar-refractivity contribution is -0.141. The summed E-state index contributed by atoms with van der Waals surface area (Å²) in [6.45, 7) is 0.585. The molecular weight excluding hydrogens is 118 g/mol. The van der Waals surface area contributed by atoms with Crippen LogP contribution in [0.2, 0.25) is 0 Å². The Hall–Kier alpha value is -0.570. The molecule has 1 heterocycles. The highest BCUT2D eigenvalue weighted by atomic mass is 16.5. The summed E-state index contributed by atoms with van der Waals surface area (Å²) in [5.41, 5.74) is 0. The largest absolute Gasteiger partial charge is 0.464 e. The Morgan fingerprint density at radius 2 is 2.33 bits per heavy atom. The molecule has 1 saturated heterocycles. The molecule has 0 aromatic heterocycles. The lowest BCUT2D eigenvalue weighted by Crippen LogP contribution is -2.31. The maximum absolute atomic E-state index is 10.8. The molecular formula is C6H11NO2. The van der Waals surface area contributed by atoms with Gasteiger partial charge in [-0.1, -0.05) is 0 Å². The van der Waals surface area contributed by atoms with E-state index < -0.39 is 0 Å². The van der Waals surface area contributed by atoms with Crippen LogP contribution >= 0.6 is 0 Å². The Kier molecular flexibility index (Phi) is 1.71. The van der Waals surface area contributed by atoms with Gasteiger partial charge in [0.15, 0.2) is 0 Å². The number of carbonyl (C=O) groups is 1. The zero-order valence-corrected chi connectivity index (χ0v) is 5.76. The number of esters is 1. The van der Waals surface area contributed by atoms with E-state index in [0.29, 0.717) is 6.61 Å². The molecule has 0 aliphatic carbocycles. The highest BCUT2D eigenvalue weighted by Gasteiger charge is 2.27. The molecule has 9 heavy (non-hydrogen) atoms. The lowest BCUT2D eigenvalue weighted by Gasteiger charge is -2.13. The summed E-state index contributed by atoms with van der Waals surface area (Å²) in [6, 6.07) is 0.00463. The molecule has 0 aromatic rings. The second-order valence-electron chi connectivity index (χ2n) is 2.44. The molecule has 1 fully saturated rings. The maximum Gasteiger partial charge on any atom is 0.323 e. The minimum Gasteiger partial charge on any atom is -0.464 e. The predicted octanol–water partition coefficient (Wildman–Crippen LogP) is -0.137. The zero-order chi connectivity index (χ0) is 6.85. The van der Waals surface area contributed by atoms with Crippen molar-refractivity contribution in [2.75, 3.05) is 20.7 Å². The van der Waals surface area contributed by atoms with Gasteiger partial charge in [-0.25, -0.2) is 0 Å². The van der Waals surface area contributed by atoms with Gasteiger partial charge in [-0.2, -0.15) is 0 Å². The first-order valence-electron chi connectivity index (χ1n) is 3.05. The number of hydrogen-bond acceptors (Lipinski definition) is 3. The Balaban J connectivity index is 2.49. The van der Waals surface area contributed by atoms with Crippen molar-refractivity contribution < 1.29 is 9.53 Å². The fourth-order valence-electron chi connectivity index (χ4n) is 0.954. The van der Waals surface area contributed by atoms with Crippen molar-refractivity contribution in [3.63, 3.8) is 0 Å². The molecule has 1 aliphatic heterocycles. The van der Waals surface area contributed by atoms with Crippen molar-refractivity contribution >= 4 is 5.97 Å². The summed E-state index contributed by atoms with van der Waals surface area (Å²) in [6.07, 6.45) is 0.839. The van der Waals surface area contributed by atoms with Crippen molar-refractivity contribution in [1.29, 1.82) is 0 Å². The first kappa shape index (κ1) is 6.55. The van der Waals surface area contributed by atoms with Gasteiger partial charge in [-0.05, 0) is 14.1 Å². The minimum atomic E-state index is -0.0833. The Labute approximate surface area is 54.6 Å². The molecule has 3 nitrogen and oxygen atoms in total. The Bertz CT molecular complexity index is 122. The topological polar surface area (TPSA) is 29.5 Å². The number of hydrogen-bond donors (Lipinski definition) is 0. The Morgan fingerprint density at radius 3 is 2.56 bits per heavy atom. The average molecular weight is 129 g/mol. The summed E-state index contributed by atoms with van der Waals surface area (Å²) in [4.78, 5) is 12.6. The normalized spacial score (nSPS) is 27.0. The molecule has 0 saturated carbocycles. The molecule has 1 rings (SSSR count). The molecule has 0 spiro atoms. The summed E-state index contributed by atoms with van der Waals surface area (Å²) in [7, 11) is 3.77. The third-order valence-corrected chi connectivity index (χ3v) is 1.53. The highest BCUT2D eigenvalue weighted by molar-refractivity contribution is 5.77. The molecule has 0 N–H and O–H groups in total. The van der Waals surface area contributed by atoms with Gasteiger partial charge in [0.1, 0.15) is 6.04 Å². The van der Waals surface area contributed by atoms with E-state index in [2.05, 4.69) is 0 Å². The van der Waals surface area contributed by atoms with Crippen LogP contribution in [0.5, 0.6) is 0 Å². The third kappa shape index (κ3) is 1.21. The van der Waals surface area contributed by atoms with Gasteiger partial charge < -0.3 is 4.74 Å². The quantitative estimate of drug-likeness (QED) is 0.462. The van der Waals surface area contributed by atoms with Crippen molar-refractivity contribution in [1.82, 2.24) is 4.90 Å². The fraction of sp³-hybridized carbons (Fsp3) is 0.833. The number of ether oxygens (including phenoxy) is 1. The van der Waals surface area contributed by atoms with Crippen molar-refractivity contribution in [3.8, 4) is 0 Å². The smallest absolute Gasteiger partial charge is 0.323 e. The van der Waals surface area contributed by atoms with E-state index >= 15 is 0 Å². The molecule has 0 bridgehead atoms. The standard InChI is InChI=1S/C6H11NO2/c1-7(2)5-3-4-9-6(5)8/h5H,3-4H2,1-2H3. The molecule has 1 atom stereocenters. The van der Waals surface area contributed by atoms with Crippen LogP contribution in [0.25, 0.3) is 0 Å². The summed E-state index contributed by atoms with van der Waals surface area (Å²) >= 11 is 0. The van der Waals surface area contributed by atoms with Gasteiger partial charge in [0.2, 0.25) is 0 Å². The van der Waals surface area contributed by atoms with E-state index in [1.54, 1.807) is 0 Å². The highest BCUT2D eigenvalue weighted by Crippen LogP contribution is 2.09.